The van der Waals surface area contributed by atoms with Gasteiger partial charge in [0, 0.05) is 21.9 Å². The van der Waals surface area contributed by atoms with Crippen molar-refractivity contribution in [1.29, 1.82) is 0 Å². The van der Waals surface area contributed by atoms with Crippen LogP contribution in [0.4, 0.5) is 0 Å². The number of thiophene rings is 1. The monoisotopic (exact) mass is 293 g/mol. The Hall–Kier alpha value is -0.940. The van der Waals surface area contributed by atoms with Crippen molar-refractivity contribution in [3.8, 4) is 11.4 Å². The molecule has 2 aromatic heterocycles. The van der Waals surface area contributed by atoms with Gasteiger partial charge in [0.05, 0.1) is 0 Å². The Kier molecular flexibility index (Phi) is 3.35. The van der Waals surface area contributed by atoms with E-state index in [9.17, 15) is 0 Å². The number of aromatic amines is 1. The van der Waals surface area contributed by atoms with Crippen molar-refractivity contribution in [2.75, 3.05) is 0 Å². The molecule has 0 spiro atoms. The number of hydrogen-bond acceptors (Lipinski definition) is 3. The summed E-state index contributed by atoms with van der Waals surface area (Å²) in [7, 11) is 0. The maximum absolute atomic E-state index is 5.34. The van der Waals surface area contributed by atoms with Crippen molar-refractivity contribution in [2.45, 2.75) is 46.1 Å². The first kappa shape index (κ1) is 13.1. The number of nitrogens with one attached hydrogen (secondary N) is 1. The Morgan fingerprint density at radius 1 is 1.53 bits per heavy atom. The van der Waals surface area contributed by atoms with Gasteiger partial charge in [0.25, 0.3) is 0 Å². The van der Waals surface area contributed by atoms with E-state index in [0.717, 1.165) is 11.7 Å². The first-order valence-corrected chi connectivity index (χ1v) is 8.13. The van der Waals surface area contributed by atoms with Gasteiger partial charge in [0.2, 0.25) is 0 Å². The second-order valence-electron chi connectivity index (χ2n) is 5.72. The number of hydrogen-bond donors (Lipinski definition) is 1. The standard InChI is InChI=1S/C14H19N3S2/c1-8(2)17-13(15-16-14(17)18)11-7-19-12-6-9(3)4-5-10(11)12/h7-9H,4-6H2,1-3H3,(H,16,18)/t9-/m1/s1. The predicted octanol–water partition coefficient (Wildman–Crippen LogP) is 4.37. The highest BCUT2D eigenvalue weighted by molar-refractivity contribution is 7.71. The predicted molar refractivity (Wildman–Crippen MR) is 82.3 cm³/mol. The molecule has 0 aliphatic heterocycles. The molecule has 0 bridgehead atoms. The average molecular weight is 293 g/mol. The van der Waals surface area contributed by atoms with Gasteiger partial charge >= 0.3 is 0 Å². The van der Waals surface area contributed by atoms with Crippen molar-refractivity contribution in [1.82, 2.24) is 14.8 Å². The molecule has 1 aliphatic carbocycles. The Bertz CT molecular complexity index is 648. The average Bonchev–Trinajstić information content (AvgIpc) is 2.91. The smallest absolute Gasteiger partial charge is 0.195 e. The van der Waals surface area contributed by atoms with Gasteiger partial charge in [-0.3, -0.25) is 9.67 Å². The van der Waals surface area contributed by atoms with Gasteiger partial charge in [-0.05, 0) is 56.8 Å². The van der Waals surface area contributed by atoms with Gasteiger partial charge in [0.1, 0.15) is 0 Å². The van der Waals surface area contributed by atoms with Crippen molar-refractivity contribution in [3.63, 3.8) is 0 Å². The lowest BCUT2D eigenvalue weighted by atomic mass is 9.88. The second-order valence-corrected chi connectivity index (χ2v) is 7.07. The Labute approximate surface area is 122 Å². The van der Waals surface area contributed by atoms with Crippen LogP contribution in [0.15, 0.2) is 5.38 Å². The lowest BCUT2D eigenvalue weighted by Gasteiger charge is -2.19. The molecule has 0 fully saturated rings. The van der Waals surface area contributed by atoms with Gasteiger partial charge in [-0.1, -0.05) is 6.92 Å². The van der Waals surface area contributed by atoms with Crippen LogP contribution in [-0.2, 0) is 12.8 Å². The van der Waals surface area contributed by atoms with Gasteiger partial charge in [-0.15, -0.1) is 11.3 Å². The molecule has 3 nitrogen and oxygen atoms in total. The normalized spacial score (nSPS) is 18.8. The minimum absolute atomic E-state index is 0.333. The summed E-state index contributed by atoms with van der Waals surface area (Å²) in [5.74, 6) is 1.82. The molecule has 5 heteroatoms. The zero-order valence-electron chi connectivity index (χ0n) is 11.6. The summed E-state index contributed by atoms with van der Waals surface area (Å²) >= 11 is 7.22. The molecule has 1 aliphatic rings. The fourth-order valence-electron chi connectivity index (χ4n) is 2.84. The highest BCUT2D eigenvalue weighted by Gasteiger charge is 2.23. The van der Waals surface area contributed by atoms with Crippen LogP contribution in [-0.4, -0.2) is 14.8 Å². The summed E-state index contributed by atoms with van der Waals surface area (Å²) in [5.41, 5.74) is 2.78. The van der Waals surface area contributed by atoms with E-state index in [1.807, 2.05) is 11.3 Å². The fourth-order valence-corrected chi connectivity index (χ4v) is 4.42. The molecule has 0 radical (unpaired) electrons. The molecule has 1 atom stereocenters. The number of rotatable bonds is 2. The summed E-state index contributed by atoms with van der Waals surface area (Å²) in [5, 5.41) is 9.66. The topological polar surface area (TPSA) is 33.6 Å². The van der Waals surface area contributed by atoms with Crippen LogP contribution in [0.5, 0.6) is 0 Å². The molecular weight excluding hydrogens is 274 g/mol. The number of H-pyrrole nitrogens is 1. The lowest BCUT2D eigenvalue weighted by molar-refractivity contribution is 0.507. The molecular formula is C14H19N3S2. The highest BCUT2D eigenvalue weighted by Crippen LogP contribution is 2.37. The van der Waals surface area contributed by atoms with Crippen LogP contribution in [0.3, 0.4) is 0 Å². The molecule has 19 heavy (non-hydrogen) atoms. The van der Waals surface area contributed by atoms with Crippen molar-refractivity contribution in [3.05, 3.63) is 20.6 Å². The molecule has 3 rings (SSSR count). The number of fused-ring (bicyclic) bond motifs is 1. The van der Waals surface area contributed by atoms with Gasteiger partial charge in [0.15, 0.2) is 10.6 Å². The Morgan fingerprint density at radius 3 is 3.05 bits per heavy atom. The Morgan fingerprint density at radius 2 is 2.32 bits per heavy atom. The molecule has 0 unspecified atom stereocenters. The van der Waals surface area contributed by atoms with E-state index in [2.05, 4.69) is 40.9 Å². The summed E-state index contributed by atoms with van der Waals surface area (Å²) < 4.78 is 2.84. The third-order valence-corrected chi connectivity index (χ3v) is 5.20. The summed E-state index contributed by atoms with van der Waals surface area (Å²) in [4.78, 5) is 1.54. The van der Waals surface area contributed by atoms with Crippen molar-refractivity contribution >= 4 is 23.6 Å². The zero-order chi connectivity index (χ0) is 13.6. The SMILES string of the molecule is CC(C)n1c(-c2csc3c2CC[C@@H](C)C3)n[nH]c1=S. The third-order valence-electron chi connectivity index (χ3n) is 3.86. The molecule has 0 aromatic carbocycles. The minimum Gasteiger partial charge on any atom is -0.298 e. The van der Waals surface area contributed by atoms with Crippen LogP contribution in [0.1, 0.15) is 43.7 Å². The van der Waals surface area contributed by atoms with E-state index in [1.165, 1.54) is 35.3 Å². The highest BCUT2D eigenvalue weighted by atomic mass is 32.1. The van der Waals surface area contributed by atoms with E-state index in [0.29, 0.717) is 10.8 Å². The summed E-state index contributed by atoms with van der Waals surface area (Å²) in [6.45, 7) is 6.64. The van der Waals surface area contributed by atoms with Crippen LogP contribution in [0, 0.1) is 10.7 Å². The number of aromatic nitrogens is 3. The molecule has 0 saturated carbocycles. The zero-order valence-corrected chi connectivity index (χ0v) is 13.2. The van der Waals surface area contributed by atoms with Crippen LogP contribution in [0.25, 0.3) is 11.4 Å². The summed E-state index contributed by atoms with van der Waals surface area (Å²) in [6.07, 6.45) is 3.67. The fraction of sp³-hybridized carbons (Fsp3) is 0.571. The first-order chi connectivity index (χ1) is 9.08. The maximum atomic E-state index is 5.34. The van der Waals surface area contributed by atoms with Gasteiger partial charge in [-0.2, -0.15) is 5.10 Å². The van der Waals surface area contributed by atoms with Gasteiger partial charge in [-0.25, -0.2) is 0 Å². The summed E-state index contributed by atoms with van der Waals surface area (Å²) in [6, 6.07) is 0.333. The molecule has 0 saturated heterocycles. The van der Waals surface area contributed by atoms with E-state index < -0.39 is 0 Å². The number of nitrogens with zero attached hydrogens (tertiary/aromatic N) is 2. The van der Waals surface area contributed by atoms with Crippen molar-refractivity contribution < 1.29 is 0 Å². The lowest BCUT2D eigenvalue weighted by Crippen LogP contribution is -2.10. The van der Waals surface area contributed by atoms with Crippen molar-refractivity contribution in [2.24, 2.45) is 5.92 Å². The van der Waals surface area contributed by atoms with Crippen LogP contribution >= 0.6 is 23.6 Å². The van der Waals surface area contributed by atoms with E-state index in [1.54, 1.807) is 0 Å². The Balaban J connectivity index is 2.12. The minimum atomic E-state index is 0.333. The first-order valence-electron chi connectivity index (χ1n) is 6.84. The quantitative estimate of drug-likeness (QED) is 0.834. The van der Waals surface area contributed by atoms with E-state index in [-0.39, 0.29) is 0 Å². The van der Waals surface area contributed by atoms with Crippen LogP contribution in [0.2, 0.25) is 0 Å². The van der Waals surface area contributed by atoms with E-state index >= 15 is 0 Å². The molecule has 2 aromatic rings. The maximum Gasteiger partial charge on any atom is 0.195 e. The van der Waals surface area contributed by atoms with Crippen LogP contribution < -0.4 is 0 Å². The molecule has 102 valence electrons. The van der Waals surface area contributed by atoms with Gasteiger partial charge < -0.3 is 0 Å². The molecule has 2 heterocycles. The molecule has 1 N–H and O–H groups in total. The second kappa shape index (κ2) is 4.87. The molecule has 0 amide bonds. The van der Waals surface area contributed by atoms with E-state index in [4.69, 9.17) is 12.2 Å². The third kappa shape index (κ3) is 2.19. The largest absolute Gasteiger partial charge is 0.298 e.